The first-order valence-electron chi connectivity index (χ1n) is 15.8. The van der Waals surface area contributed by atoms with Gasteiger partial charge in [-0.3, -0.25) is 4.79 Å². The Hall–Kier alpha value is -5.07. The molecule has 0 N–H and O–H groups in total. The van der Waals surface area contributed by atoms with Crippen LogP contribution in [-0.4, -0.2) is 71.4 Å². The molecule has 5 aromatic rings. The fraction of sp³-hybridized carbons (Fsp3) is 0.324. The Kier molecular flexibility index (Phi) is 12.7. The van der Waals surface area contributed by atoms with Gasteiger partial charge in [-0.05, 0) is 42.5 Å². The van der Waals surface area contributed by atoms with Crippen molar-refractivity contribution in [2.75, 3.05) is 0 Å². The van der Waals surface area contributed by atoms with E-state index >= 15 is 0 Å². The number of rotatable bonds is 12. The van der Waals surface area contributed by atoms with Gasteiger partial charge in [-0.1, -0.05) is 12.1 Å². The van der Waals surface area contributed by atoms with Gasteiger partial charge in [0.05, 0.1) is 10.8 Å². The van der Waals surface area contributed by atoms with Crippen LogP contribution in [0.5, 0.6) is 0 Å². The van der Waals surface area contributed by atoms with E-state index in [1.54, 1.807) is 18.2 Å². The number of carboxylic acids is 1. The maximum absolute atomic E-state index is 13.3. The number of carbonyl (C=O) groups is 1. The van der Waals surface area contributed by atoms with Gasteiger partial charge in [0.15, 0.2) is 7.14 Å². The molecule has 0 aliphatic rings. The van der Waals surface area contributed by atoms with Gasteiger partial charge in [-0.2, -0.15) is 101 Å². The normalized spacial score (nSPS) is 14.5. The van der Waals surface area contributed by atoms with Gasteiger partial charge in [0, 0.05) is 23.6 Å². The molecule has 3 aromatic carbocycles. The fourth-order valence-electron chi connectivity index (χ4n) is 4.94. The van der Waals surface area contributed by atoms with Crippen molar-refractivity contribution in [1.29, 1.82) is 0 Å². The molecule has 2 aromatic heterocycles. The molecule has 2 heterocycles. The lowest BCUT2D eigenvalue weighted by Gasteiger charge is -2.45. The molecule has 0 aliphatic carbocycles. The second kappa shape index (κ2) is 15.8. The zero-order valence-corrected chi connectivity index (χ0v) is 31.6. The summed E-state index contributed by atoms with van der Waals surface area (Å²) in [5.41, 5.74) is 1.42. The van der Waals surface area contributed by atoms with Crippen molar-refractivity contribution in [3.05, 3.63) is 101 Å². The lowest BCUT2D eigenvalue weighted by atomic mass is 9.85. The van der Waals surface area contributed by atoms with Crippen molar-refractivity contribution in [3.63, 3.8) is 0 Å². The average molecular weight is 1080 g/mol. The maximum Gasteiger partial charge on any atom is 0.460 e. The quantitative estimate of drug-likeness (QED) is 0.0589. The van der Waals surface area contributed by atoms with Crippen molar-refractivity contribution in [1.82, 2.24) is 0 Å². The third-order valence-electron chi connectivity index (χ3n) is 8.50. The van der Waals surface area contributed by atoms with Crippen LogP contribution in [0.1, 0.15) is 0 Å². The summed E-state index contributed by atoms with van der Waals surface area (Å²) < 4.78 is 311. The highest BCUT2D eigenvalue weighted by molar-refractivity contribution is 5.89. The molecule has 0 aliphatic heterocycles. The Balaban J connectivity index is 0.000000291. The largest absolute Gasteiger partial charge is 0.544 e. The van der Waals surface area contributed by atoms with Crippen LogP contribution in [-0.2, 0) is 4.79 Å². The summed E-state index contributed by atoms with van der Waals surface area (Å²) in [5, 5.41) is 11.8. The second-order valence-electron chi connectivity index (χ2n) is 12.6. The van der Waals surface area contributed by atoms with E-state index in [2.05, 4.69) is 0 Å². The number of benzene rings is 3. The maximum atomic E-state index is 13.3. The summed E-state index contributed by atoms with van der Waals surface area (Å²) in [6, 6.07) is 22.2. The van der Waals surface area contributed by atoms with Crippen LogP contribution in [0.4, 0.5) is 101 Å². The zero-order valence-electron chi connectivity index (χ0n) is 29.4. The van der Waals surface area contributed by atoms with E-state index in [-0.39, 0.29) is 11.1 Å². The Bertz CT molecular complexity index is 2710. The number of halogens is 24. The summed E-state index contributed by atoms with van der Waals surface area (Å²) in [6.07, 6.45) is -8.14. The van der Waals surface area contributed by atoms with Crippen LogP contribution >= 0.6 is 0 Å². The van der Waals surface area contributed by atoms with Gasteiger partial charge in [-0.25, -0.2) is 4.79 Å². The molecule has 0 amide bonds. The highest BCUT2D eigenvalue weighted by Crippen LogP contribution is 2.67. The van der Waals surface area contributed by atoms with Crippen molar-refractivity contribution >= 4 is 38.9 Å². The molecule has 0 saturated carbocycles. The summed E-state index contributed by atoms with van der Waals surface area (Å²) in [5.74, 6) is -95.1. The van der Waals surface area contributed by atoms with Gasteiger partial charge in [0.2, 0.25) is 5.43 Å². The van der Waals surface area contributed by atoms with Gasteiger partial charge < -0.3 is 18.7 Å². The molecular weight excluding hydrogens is 1070 g/mol. The summed E-state index contributed by atoms with van der Waals surface area (Å²) in [6.45, 7) is 0. The van der Waals surface area contributed by atoms with Crippen LogP contribution in [0.15, 0.2) is 91.2 Å². The molecule has 352 valence electrons. The number of aliphatic carboxylic acids is 1. The van der Waals surface area contributed by atoms with Crippen molar-refractivity contribution in [2.45, 2.75) is 65.4 Å². The minimum atomic E-state index is -9.52. The SMILES string of the molecule is O=C([O-])C(F)(F)C(F)(F)C(F)(F)C(F)(F)C(F)(F)C(F)(F)C(F)(F)C(F)(F)C(F)(F)C(F)(F)C(F)(F)F.O=c1ccc2ccc([I+]c3ccc4oc5ccccc5c(=O)c4c3)cc2o1. The molecule has 0 unspecified atom stereocenters. The Morgan fingerprint density at radius 3 is 1.33 bits per heavy atom. The highest BCUT2D eigenvalue weighted by atomic mass is 127. The van der Waals surface area contributed by atoms with E-state index in [0.29, 0.717) is 27.5 Å². The number of carbonyl (C=O) groups excluding carboxylic acids is 1. The smallest absolute Gasteiger partial charge is 0.460 e. The average Bonchev–Trinajstić information content (AvgIpc) is 3.17. The van der Waals surface area contributed by atoms with Crippen LogP contribution in [0.2, 0.25) is 0 Å². The molecule has 0 fully saturated rings. The minimum absolute atomic E-state index is 0.0118. The van der Waals surface area contributed by atoms with Crippen molar-refractivity contribution in [2.24, 2.45) is 0 Å². The number of carboxylic acid groups (broad SMARTS) is 1. The molecule has 6 nitrogen and oxygen atoms in total. The van der Waals surface area contributed by atoms with E-state index in [1.165, 1.54) is 6.07 Å². The minimum Gasteiger partial charge on any atom is -0.544 e. The summed E-state index contributed by atoms with van der Waals surface area (Å²) >= 11 is -0.530. The predicted octanol–water partition coefficient (Wildman–Crippen LogP) is 6.83. The van der Waals surface area contributed by atoms with Crippen molar-refractivity contribution < 1.29 is 141 Å². The monoisotopic (exact) mass is 1080 g/mol. The number of alkyl halides is 23. The molecule has 0 atom stereocenters. The topological polar surface area (TPSA) is 101 Å². The molecule has 0 bridgehead atoms. The number of fused-ring (bicyclic) bond motifs is 3. The Morgan fingerprint density at radius 1 is 0.438 bits per heavy atom. The summed E-state index contributed by atoms with van der Waals surface area (Å²) in [7, 11) is 0. The number of hydrogen-bond donors (Lipinski definition) is 0. The Morgan fingerprint density at radius 2 is 0.844 bits per heavy atom. The third kappa shape index (κ3) is 7.61. The number of hydrogen-bond acceptors (Lipinski definition) is 6. The van der Waals surface area contributed by atoms with Crippen LogP contribution in [0.3, 0.4) is 0 Å². The van der Waals surface area contributed by atoms with E-state index in [0.717, 1.165) is 12.5 Å². The highest BCUT2D eigenvalue weighted by Gasteiger charge is 2.98. The van der Waals surface area contributed by atoms with Crippen LogP contribution < -0.4 is 37.4 Å². The lowest BCUT2D eigenvalue weighted by molar-refractivity contribution is -0.597. The first-order chi connectivity index (χ1) is 28.6. The van der Waals surface area contributed by atoms with Gasteiger partial charge in [-0.15, -0.1) is 0 Å². The first-order valence-corrected chi connectivity index (χ1v) is 18.0. The molecule has 5 rings (SSSR count). The molecule has 0 spiro atoms. The van der Waals surface area contributed by atoms with Gasteiger partial charge >= 0.3 is 92.2 Å². The molecule has 0 radical (unpaired) electrons. The van der Waals surface area contributed by atoms with Crippen LogP contribution in [0.25, 0.3) is 32.9 Å². The first kappa shape index (κ1) is 51.6. The summed E-state index contributed by atoms with van der Waals surface area (Å²) in [4.78, 5) is 34.0. The third-order valence-corrected chi connectivity index (χ3v) is 11.1. The van der Waals surface area contributed by atoms with E-state index in [4.69, 9.17) is 8.83 Å². The molecular formula is C34H12F23IO6. The molecule has 30 heteroatoms. The van der Waals surface area contributed by atoms with E-state index in [9.17, 15) is 120 Å². The van der Waals surface area contributed by atoms with Crippen molar-refractivity contribution in [3.8, 4) is 0 Å². The van der Waals surface area contributed by atoms with Gasteiger partial charge in [0.1, 0.15) is 22.7 Å². The predicted molar refractivity (Wildman–Crippen MR) is 160 cm³/mol. The van der Waals surface area contributed by atoms with Gasteiger partial charge in [0.25, 0.3) is 0 Å². The Labute approximate surface area is 345 Å². The number of para-hydroxylation sites is 1. The molecule has 0 saturated heterocycles. The second-order valence-corrected chi connectivity index (χ2v) is 15.7. The standard InChI is InChI=1S/C22H12IO4.C12HF23O2/c24-21-10-6-13-5-7-15(12-20(13)27-21)23-14-8-9-19-17(11-14)22(25)16-3-1-2-4-18(16)26-19;13-2(14,1(36)37)3(15,16)4(17,18)5(19,20)6(21,22)7(23,24)8(25,26)9(27,28)10(29,30)11(31,32)12(33,34)35/h1-12H;(H,36,37)/q+1;/p-1. The van der Waals surface area contributed by atoms with E-state index < -0.39 is 92.6 Å². The van der Waals surface area contributed by atoms with Crippen LogP contribution in [0, 0.1) is 7.14 Å². The fourth-order valence-corrected chi connectivity index (χ4v) is 7.28. The lowest BCUT2D eigenvalue weighted by Crippen LogP contribution is -3.61. The molecule has 64 heavy (non-hydrogen) atoms. The van der Waals surface area contributed by atoms with E-state index in [1.807, 2.05) is 48.5 Å². The zero-order chi connectivity index (χ0) is 49.5.